The zero-order chi connectivity index (χ0) is 21.7. The first-order valence-corrected chi connectivity index (χ1v) is 9.57. The molecule has 0 aliphatic carbocycles. The van der Waals surface area contributed by atoms with Crippen LogP contribution in [0.5, 0.6) is 11.5 Å². The number of barbiturate groups is 1. The van der Waals surface area contributed by atoms with Crippen LogP contribution in [0.25, 0.3) is 6.08 Å². The van der Waals surface area contributed by atoms with E-state index in [4.69, 9.17) is 9.47 Å². The highest BCUT2D eigenvalue weighted by Crippen LogP contribution is 2.24. The van der Waals surface area contributed by atoms with Gasteiger partial charge in [0.15, 0.2) is 0 Å². The molecule has 7 nitrogen and oxygen atoms in total. The van der Waals surface area contributed by atoms with E-state index in [0.717, 1.165) is 5.75 Å². The van der Waals surface area contributed by atoms with Crippen LogP contribution in [0.3, 0.4) is 0 Å². The summed E-state index contributed by atoms with van der Waals surface area (Å²) < 4.78 is 11.4. The molecule has 0 spiro atoms. The number of carbonyl (C=O) groups is 3. The minimum atomic E-state index is -0.827. The minimum Gasteiger partial charge on any atom is -0.490 e. The molecule has 1 heterocycles. The van der Waals surface area contributed by atoms with Gasteiger partial charge in [0, 0.05) is 0 Å². The minimum absolute atomic E-state index is 0.0937. The molecule has 0 unspecified atom stereocenters. The van der Waals surface area contributed by atoms with E-state index in [0.29, 0.717) is 24.5 Å². The van der Waals surface area contributed by atoms with E-state index in [-0.39, 0.29) is 11.0 Å². The van der Waals surface area contributed by atoms with Crippen LogP contribution in [-0.2, 0) is 15.0 Å². The molecule has 30 heavy (non-hydrogen) atoms. The van der Waals surface area contributed by atoms with Gasteiger partial charge in [-0.3, -0.25) is 20.2 Å². The number of hydrogen-bond acceptors (Lipinski definition) is 5. The second kappa shape index (κ2) is 8.82. The van der Waals surface area contributed by atoms with E-state index in [9.17, 15) is 14.4 Å². The molecule has 1 aliphatic heterocycles. The summed E-state index contributed by atoms with van der Waals surface area (Å²) in [6, 6.07) is 14.1. The molecule has 0 atom stereocenters. The third-order valence-electron chi connectivity index (χ3n) is 4.45. The summed E-state index contributed by atoms with van der Waals surface area (Å²) in [6.45, 7) is 7.18. The molecule has 1 saturated heterocycles. The topological polar surface area (TPSA) is 93.7 Å². The first kappa shape index (κ1) is 21.1. The fraction of sp³-hybridized carbons (Fsp3) is 0.261. The average Bonchev–Trinajstić information content (AvgIpc) is 2.68. The smallest absolute Gasteiger partial charge is 0.328 e. The monoisotopic (exact) mass is 408 g/mol. The van der Waals surface area contributed by atoms with Crippen molar-refractivity contribution in [1.82, 2.24) is 10.6 Å². The number of benzene rings is 2. The molecule has 0 bridgehead atoms. The molecule has 0 radical (unpaired) electrons. The van der Waals surface area contributed by atoms with Crippen LogP contribution in [0, 0.1) is 0 Å². The van der Waals surface area contributed by atoms with E-state index < -0.39 is 17.8 Å². The zero-order valence-corrected chi connectivity index (χ0v) is 17.2. The molecular weight excluding hydrogens is 384 g/mol. The second-order valence-electron chi connectivity index (χ2n) is 7.84. The Morgan fingerprint density at radius 1 is 0.833 bits per heavy atom. The van der Waals surface area contributed by atoms with E-state index >= 15 is 0 Å². The summed E-state index contributed by atoms with van der Waals surface area (Å²) in [5, 5.41) is 4.08. The summed E-state index contributed by atoms with van der Waals surface area (Å²) in [5.41, 5.74) is 1.78. The molecule has 1 aliphatic rings. The summed E-state index contributed by atoms with van der Waals surface area (Å²) in [7, 11) is 0. The number of ether oxygens (including phenoxy) is 2. The Morgan fingerprint density at radius 3 is 2.03 bits per heavy atom. The standard InChI is InChI=1S/C23H24N2O5/c1-23(2,3)16-7-9-17(10-8-16)29-11-12-30-18-6-4-5-15(13-18)14-19-20(26)24-22(28)25-21(19)27/h4-10,13-14H,11-12H2,1-3H3,(H2,24,25,26,27,28). The quantitative estimate of drug-likeness (QED) is 0.435. The lowest BCUT2D eigenvalue weighted by atomic mass is 9.87. The lowest BCUT2D eigenvalue weighted by Gasteiger charge is -2.19. The molecule has 1 fully saturated rings. The first-order chi connectivity index (χ1) is 14.2. The number of carbonyl (C=O) groups excluding carboxylic acids is 3. The van der Waals surface area contributed by atoms with Crippen molar-refractivity contribution in [2.75, 3.05) is 13.2 Å². The summed E-state index contributed by atoms with van der Waals surface area (Å²) in [6.07, 6.45) is 1.40. The van der Waals surface area contributed by atoms with Crippen LogP contribution in [-0.4, -0.2) is 31.1 Å². The van der Waals surface area contributed by atoms with E-state index in [1.807, 2.05) is 22.8 Å². The van der Waals surface area contributed by atoms with Gasteiger partial charge in [-0.2, -0.15) is 0 Å². The number of hydrogen-bond donors (Lipinski definition) is 2. The van der Waals surface area contributed by atoms with Crippen molar-refractivity contribution in [2.45, 2.75) is 26.2 Å². The van der Waals surface area contributed by atoms with Gasteiger partial charge in [-0.1, -0.05) is 45.0 Å². The molecule has 0 aromatic heterocycles. The van der Waals surface area contributed by atoms with Crippen molar-refractivity contribution in [3.8, 4) is 11.5 Å². The Bertz CT molecular complexity index is 965. The van der Waals surface area contributed by atoms with Gasteiger partial charge in [0.1, 0.15) is 30.3 Å². The maximum Gasteiger partial charge on any atom is 0.328 e. The lowest BCUT2D eigenvalue weighted by Crippen LogP contribution is -2.51. The molecule has 4 amide bonds. The molecule has 0 saturated carbocycles. The highest BCUT2D eigenvalue weighted by atomic mass is 16.5. The fourth-order valence-electron chi connectivity index (χ4n) is 2.84. The molecular formula is C23H24N2O5. The van der Waals surface area contributed by atoms with Crippen LogP contribution in [0.1, 0.15) is 31.9 Å². The first-order valence-electron chi connectivity index (χ1n) is 9.57. The Labute approximate surface area is 175 Å². The second-order valence-corrected chi connectivity index (χ2v) is 7.84. The molecule has 7 heteroatoms. The van der Waals surface area contributed by atoms with Gasteiger partial charge in [-0.15, -0.1) is 0 Å². The third-order valence-corrected chi connectivity index (χ3v) is 4.45. The van der Waals surface area contributed by atoms with Gasteiger partial charge in [-0.25, -0.2) is 4.79 Å². The highest BCUT2D eigenvalue weighted by Gasteiger charge is 2.27. The van der Waals surface area contributed by atoms with Crippen LogP contribution in [0.15, 0.2) is 54.1 Å². The highest BCUT2D eigenvalue weighted by molar-refractivity contribution is 6.31. The van der Waals surface area contributed by atoms with Crippen molar-refractivity contribution < 1.29 is 23.9 Å². The predicted octanol–water partition coefficient (Wildman–Crippen LogP) is 3.19. The van der Waals surface area contributed by atoms with Crippen molar-refractivity contribution in [1.29, 1.82) is 0 Å². The van der Waals surface area contributed by atoms with E-state index in [2.05, 4.69) is 32.9 Å². The van der Waals surface area contributed by atoms with Gasteiger partial charge in [0.2, 0.25) is 0 Å². The summed E-state index contributed by atoms with van der Waals surface area (Å²) in [4.78, 5) is 34.8. The van der Waals surface area contributed by atoms with Crippen LogP contribution in [0.4, 0.5) is 4.79 Å². The Hall–Kier alpha value is -3.61. The number of amides is 4. The summed E-state index contributed by atoms with van der Waals surface area (Å²) >= 11 is 0. The van der Waals surface area contributed by atoms with Gasteiger partial charge in [0.05, 0.1) is 0 Å². The molecule has 2 N–H and O–H groups in total. The number of imide groups is 2. The predicted molar refractivity (Wildman–Crippen MR) is 112 cm³/mol. The van der Waals surface area contributed by atoms with Gasteiger partial charge in [0.25, 0.3) is 11.8 Å². The molecule has 156 valence electrons. The number of rotatable bonds is 6. The maximum absolute atomic E-state index is 11.8. The van der Waals surface area contributed by atoms with Crippen LogP contribution >= 0.6 is 0 Å². The Morgan fingerprint density at radius 2 is 1.43 bits per heavy atom. The van der Waals surface area contributed by atoms with E-state index in [1.54, 1.807) is 24.3 Å². The lowest BCUT2D eigenvalue weighted by molar-refractivity contribution is -0.123. The molecule has 2 aromatic carbocycles. The normalized spacial score (nSPS) is 14.1. The van der Waals surface area contributed by atoms with E-state index in [1.165, 1.54) is 11.6 Å². The Kier molecular flexibility index (Phi) is 6.20. The largest absolute Gasteiger partial charge is 0.490 e. The van der Waals surface area contributed by atoms with Crippen molar-refractivity contribution in [2.24, 2.45) is 0 Å². The Balaban J connectivity index is 1.55. The SMILES string of the molecule is CC(C)(C)c1ccc(OCCOc2cccc(C=C3C(=O)NC(=O)NC3=O)c2)cc1. The third kappa shape index (κ3) is 5.47. The number of urea groups is 1. The summed E-state index contributed by atoms with van der Waals surface area (Å²) in [5.74, 6) is -0.125. The van der Waals surface area contributed by atoms with Crippen LogP contribution in [0.2, 0.25) is 0 Å². The maximum atomic E-state index is 11.8. The van der Waals surface area contributed by atoms with Gasteiger partial charge >= 0.3 is 6.03 Å². The molecule has 3 rings (SSSR count). The van der Waals surface area contributed by atoms with Crippen molar-refractivity contribution in [3.63, 3.8) is 0 Å². The number of nitrogens with one attached hydrogen (secondary N) is 2. The molecule has 2 aromatic rings. The van der Waals surface area contributed by atoms with Gasteiger partial charge < -0.3 is 9.47 Å². The average molecular weight is 408 g/mol. The van der Waals surface area contributed by atoms with Crippen molar-refractivity contribution >= 4 is 23.9 Å². The van der Waals surface area contributed by atoms with Crippen molar-refractivity contribution in [3.05, 3.63) is 65.2 Å². The van der Waals surface area contributed by atoms with Gasteiger partial charge in [-0.05, 0) is 46.9 Å². The fourth-order valence-corrected chi connectivity index (χ4v) is 2.84. The zero-order valence-electron chi connectivity index (χ0n) is 17.2. The van der Waals surface area contributed by atoms with Crippen LogP contribution < -0.4 is 20.1 Å².